The van der Waals surface area contributed by atoms with Gasteiger partial charge in [-0.15, -0.1) is 0 Å². The molecule has 2 atom stereocenters. The summed E-state index contributed by atoms with van der Waals surface area (Å²) < 4.78 is 46.6. The van der Waals surface area contributed by atoms with E-state index in [9.17, 15) is 18.0 Å². The molecule has 9 heteroatoms. The highest BCUT2D eigenvalue weighted by atomic mass is 19.4. The fourth-order valence-corrected chi connectivity index (χ4v) is 2.82. The second kappa shape index (κ2) is 7.00. The van der Waals surface area contributed by atoms with Crippen LogP contribution in [0.5, 0.6) is 0 Å². The normalized spacial score (nSPS) is 23.7. The van der Waals surface area contributed by atoms with Crippen LogP contribution in [0.15, 0.2) is 12.4 Å². The third-order valence-electron chi connectivity index (χ3n) is 4.48. The highest BCUT2D eigenvalue weighted by Gasteiger charge is 2.43. The molecular weight excluding hydrogens is 325 g/mol. The maximum atomic E-state index is 13.3. The van der Waals surface area contributed by atoms with Gasteiger partial charge in [0.1, 0.15) is 0 Å². The molecule has 0 bridgehead atoms. The van der Waals surface area contributed by atoms with Crippen LogP contribution in [0.2, 0.25) is 0 Å². The van der Waals surface area contributed by atoms with Gasteiger partial charge in [0.25, 0.3) is 0 Å². The molecule has 2 amide bonds. The van der Waals surface area contributed by atoms with Crippen LogP contribution in [0.3, 0.4) is 0 Å². The minimum absolute atomic E-state index is 0.0881. The van der Waals surface area contributed by atoms with Crippen molar-refractivity contribution in [2.24, 2.45) is 7.05 Å². The van der Waals surface area contributed by atoms with E-state index in [1.165, 1.54) is 22.8 Å². The number of likely N-dealkylation sites (tertiary alicyclic amines) is 1. The molecule has 0 saturated carbocycles. The minimum atomic E-state index is -4.59. The van der Waals surface area contributed by atoms with E-state index >= 15 is 0 Å². The first kappa shape index (κ1) is 18.6. The van der Waals surface area contributed by atoms with Gasteiger partial charge in [0.05, 0.1) is 11.8 Å². The van der Waals surface area contributed by atoms with Gasteiger partial charge in [0.15, 0.2) is 6.04 Å². The first-order valence-electron chi connectivity index (χ1n) is 7.80. The lowest BCUT2D eigenvalue weighted by Gasteiger charge is -2.28. The standard InChI is InChI=1S/C15H23F3N4O2/c1-14(24-3)5-4-7-22(8-6-14)13(23)20-12(15(16,17)18)11-9-19-21(2)10-11/h9-10,12H,4-8H2,1-3H3,(H,20,23)/t12-,14-/m0/s1. The molecule has 1 aliphatic heterocycles. The van der Waals surface area contributed by atoms with E-state index in [4.69, 9.17) is 4.74 Å². The molecule has 1 N–H and O–H groups in total. The summed E-state index contributed by atoms with van der Waals surface area (Å²) >= 11 is 0. The van der Waals surface area contributed by atoms with E-state index in [0.717, 1.165) is 12.6 Å². The number of carbonyl (C=O) groups is 1. The minimum Gasteiger partial charge on any atom is -0.378 e. The van der Waals surface area contributed by atoms with E-state index < -0.39 is 18.2 Å². The quantitative estimate of drug-likeness (QED) is 0.913. The number of nitrogens with one attached hydrogen (secondary N) is 1. The molecule has 0 spiro atoms. The number of urea groups is 1. The third kappa shape index (κ3) is 4.40. The number of methoxy groups -OCH3 is 1. The first-order chi connectivity index (χ1) is 11.1. The lowest BCUT2D eigenvalue weighted by Crippen LogP contribution is -2.46. The van der Waals surface area contributed by atoms with Gasteiger partial charge in [-0.2, -0.15) is 18.3 Å². The Morgan fingerprint density at radius 3 is 2.67 bits per heavy atom. The first-order valence-corrected chi connectivity index (χ1v) is 7.80. The Morgan fingerprint density at radius 2 is 2.12 bits per heavy atom. The molecule has 0 aromatic carbocycles. The van der Waals surface area contributed by atoms with Crippen LogP contribution in [-0.2, 0) is 11.8 Å². The number of aryl methyl sites for hydroxylation is 1. The maximum absolute atomic E-state index is 13.3. The number of amides is 2. The third-order valence-corrected chi connectivity index (χ3v) is 4.48. The molecule has 0 radical (unpaired) electrons. The average Bonchev–Trinajstić information content (AvgIpc) is 2.82. The summed E-state index contributed by atoms with van der Waals surface area (Å²) in [6.07, 6.45) is -0.197. The summed E-state index contributed by atoms with van der Waals surface area (Å²) in [5, 5.41) is 5.85. The van der Waals surface area contributed by atoms with Crippen LogP contribution >= 0.6 is 0 Å². The second-order valence-electron chi connectivity index (χ2n) is 6.37. The Hall–Kier alpha value is -1.77. The zero-order chi connectivity index (χ0) is 18.0. The van der Waals surface area contributed by atoms with E-state index in [1.54, 1.807) is 7.11 Å². The Kier molecular flexibility index (Phi) is 5.42. The number of halogens is 3. The fourth-order valence-electron chi connectivity index (χ4n) is 2.82. The van der Waals surface area contributed by atoms with Gasteiger partial charge in [0.2, 0.25) is 0 Å². The maximum Gasteiger partial charge on any atom is 0.413 e. The lowest BCUT2D eigenvalue weighted by atomic mass is 9.97. The smallest absolute Gasteiger partial charge is 0.378 e. The molecular formula is C15H23F3N4O2. The van der Waals surface area contributed by atoms with Crippen molar-refractivity contribution in [2.75, 3.05) is 20.2 Å². The van der Waals surface area contributed by atoms with Crippen LogP contribution in [0, 0.1) is 0 Å². The molecule has 0 aliphatic carbocycles. The summed E-state index contributed by atoms with van der Waals surface area (Å²) in [6, 6.07) is -2.79. The molecule has 1 aliphatic rings. The molecule has 1 saturated heterocycles. The topological polar surface area (TPSA) is 59.4 Å². The Bertz CT molecular complexity index is 575. The Labute approximate surface area is 138 Å². The monoisotopic (exact) mass is 348 g/mol. The lowest BCUT2D eigenvalue weighted by molar-refractivity contribution is -0.155. The van der Waals surface area contributed by atoms with Crippen molar-refractivity contribution in [1.29, 1.82) is 0 Å². The highest BCUT2D eigenvalue weighted by molar-refractivity contribution is 5.74. The number of hydrogen-bond donors (Lipinski definition) is 1. The van der Waals surface area contributed by atoms with Gasteiger partial charge in [-0.05, 0) is 26.2 Å². The van der Waals surface area contributed by atoms with Gasteiger partial charge in [-0.3, -0.25) is 4.68 Å². The van der Waals surface area contributed by atoms with Crippen LogP contribution in [0.1, 0.15) is 37.8 Å². The van der Waals surface area contributed by atoms with Gasteiger partial charge in [0, 0.05) is 39.0 Å². The predicted octanol–water partition coefficient (Wildman–Crippen LogP) is 2.62. The summed E-state index contributed by atoms with van der Waals surface area (Å²) in [7, 11) is 3.14. The molecule has 136 valence electrons. The molecule has 6 nitrogen and oxygen atoms in total. The fraction of sp³-hybridized carbons (Fsp3) is 0.733. The zero-order valence-electron chi connectivity index (χ0n) is 14.1. The van der Waals surface area contributed by atoms with Gasteiger partial charge >= 0.3 is 12.2 Å². The largest absolute Gasteiger partial charge is 0.413 e. The SMILES string of the molecule is CO[C@@]1(C)CCCN(C(=O)N[C@@H](c2cnn(C)c2)C(F)(F)F)CC1. The molecule has 24 heavy (non-hydrogen) atoms. The molecule has 1 aromatic heterocycles. The highest BCUT2D eigenvalue weighted by Crippen LogP contribution is 2.33. The van der Waals surface area contributed by atoms with Crippen molar-refractivity contribution in [1.82, 2.24) is 20.0 Å². The average molecular weight is 348 g/mol. The van der Waals surface area contributed by atoms with Crippen LogP contribution in [0.4, 0.5) is 18.0 Å². The summed E-state index contributed by atoms with van der Waals surface area (Å²) in [5.74, 6) is 0. The number of hydrogen-bond acceptors (Lipinski definition) is 3. The number of rotatable bonds is 3. The molecule has 2 heterocycles. The number of ether oxygens (including phenoxy) is 1. The zero-order valence-corrected chi connectivity index (χ0v) is 14.1. The summed E-state index contributed by atoms with van der Waals surface area (Å²) in [4.78, 5) is 13.8. The molecule has 1 fully saturated rings. The molecule has 1 aromatic rings. The number of nitrogens with zero attached hydrogens (tertiary/aromatic N) is 3. The van der Waals surface area contributed by atoms with Crippen molar-refractivity contribution in [3.8, 4) is 0 Å². The van der Waals surface area contributed by atoms with Crippen molar-refractivity contribution >= 4 is 6.03 Å². The van der Waals surface area contributed by atoms with Gasteiger partial charge in [-0.25, -0.2) is 4.79 Å². The summed E-state index contributed by atoms with van der Waals surface area (Å²) in [6.45, 7) is 2.71. The van der Waals surface area contributed by atoms with E-state index in [-0.39, 0.29) is 11.2 Å². The van der Waals surface area contributed by atoms with E-state index in [1.807, 2.05) is 6.92 Å². The number of alkyl halides is 3. The second-order valence-corrected chi connectivity index (χ2v) is 6.37. The van der Waals surface area contributed by atoms with Crippen LogP contribution in [0.25, 0.3) is 0 Å². The van der Waals surface area contributed by atoms with Gasteiger partial charge in [-0.1, -0.05) is 0 Å². The Balaban J connectivity index is 2.08. The number of aromatic nitrogens is 2. The van der Waals surface area contributed by atoms with Crippen LogP contribution < -0.4 is 5.32 Å². The van der Waals surface area contributed by atoms with E-state index in [2.05, 4.69) is 10.4 Å². The van der Waals surface area contributed by atoms with Gasteiger partial charge < -0.3 is 15.0 Å². The summed E-state index contributed by atoms with van der Waals surface area (Å²) in [5.41, 5.74) is -0.433. The Morgan fingerprint density at radius 1 is 1.42 bits per heavy atom. The van der Waals surface area contributed by atoms with Crippen LogP contribution in [-0.4, -0.2) is 52.7 Å². The molecule has 0 unspecified atom stereocenters. The number of carbonyl (C=O) groups excluding carboxylic acids is 1. The van der Waals surface area contributed by atoms with E-state index in [0.29, 0.717) is 25.9 Å². The van der Waals surface area contributed by atoms with Crippen molar-refractivity contribution in [3.63, 3.8) is 0 Å². The molecule has 2 rings (SSSR count). The van der Waals surface area contributed by atoms with Crippen molar-refractivity contribution in [3.05, 3.63) is 18.0 Å². The predicted molar refractivity (Wildman–Crippen MR) is 81.4 cm³/mol. The van der Waals surface area contributed by atoms with Crippen molar-refractivity contribution < 1.29 is 22.7 Å². The van der Waals surface area contributed by atoms with Crippen molar-refractivity contribution in [2.45, 2.75) is 44.0 Å².